The fraction of sp³-hybridized carbons (Fsp3) is 0.765. The van der Waals surface area contributed by atoms with E-state index in [1.807, 2.05) is 6.26 Å². The first-order valence-corrected chi connectivity index (χ1v) is 8.59. The Labute approximate surface area is 128 Å². The van der Waals surface area contributed by atoms with E-state index in [-0.39, 0.29) is 0 Å². The SMILES string of the molecule is CCCNCc1ccoc1CN1CCCN2CCCC2C1. The van der Waals surface area contributed by atoms with Crippen LogP contribution in [0, 0.1) is 0 Å². The molecular weight excluding hydrogens is 262 g/mol. The molecule has 0 aromatic carbocycles. The van der Waals surface area contributed by atoms with Crippen molar-refractivity contribution >= 4 is 0 Å². The van der Waals surface area contributed by atoms with E-state index >= 15 is 0 Å². The molecule has 21 heavy (non-hydrogen) atoms. The molecule has 118 valence electrons. The topological polar surface area (TPSA) is 31.7 Å². The Bertz CT molecular complexity index is 431. The van der Waals surface area contributed by atoms with E-state index in [1.165, 1.54) is 57.4 Å². The van der Waals surface area contributed by atoms with E-state index in [9.17, 15) is 0 Å². The average molecular weight is 291 g/mol. The van der Waals surface area contributed by atoms with Gasteiger partial charge < -0.3 is 9.73 Å². The molecule has 2 fully saturated rings. The molecule has 0 aliphatic carbocycles. The van der Waals surface area contributed by atoms with Crippen molar-refractivity contribution in [2.45, 2.75) is 51.7 Å². The van der Waals surface area contributed by atoms with E-state index < -0.39 is 0 Å². The average Bonchev–Trinajstić information content (AvgIpc) is 3.06. The molecule has 3 heterocycles. The van der Waals surface area contributed by atoms with Gasteiger partial charge in [0, 0.05) is 24.7 Å². The van der Waals surface area contributed by atoms with Crippen molar-refractivity contribution in [2.75, 3.05) is 32.7 Å². The summed E-state index contributed by atoms with van der Waals surface area (Å²) in [6, 6.07) is 2.90. The predicted molar refractivity (Wildman–Crippen MR) is 85.2 cm³/mol. The summed E-state index contributed by atoms with van der Waals surface area (Å²) in [7, 11) is 0. The van der Waals surface area contributed by atoms with Gasteiger partial charge in [-0.05, 0) is 57.9 Å². The molecule has 1 unspecified atom stereocenters. The van der Waals surface area contributed by atoms with Crippen molar-refractivity contribution in [3.63, 3.8) is 0 Å². The zero-order chi connectivity index (χ0) is 14.5. The number of hydrogen-bond donors (Lipinski definition) is 1. The van der Waals surface area contributed by atoms with Crippen LogP contribution in [0.3, 0.4) is 0 Å². The molecule has 1 atom stereocenters. The Balaban J connectivity index is 1.57. The van der Waals surface area contributed by atoms with E-state index in [1.54, 1.807) is 0 Å². The van der Waals surface area contributed by atoms with E-state index in [4.69, 9.17) is 4.42 Å². The minimum Gasteiger partial charge on any atom is -0.468 e. The van der Waals surface area contributed by atoms with Crippen molar-refractivity contribution < 1.29 is 4.42 Å². The quantitative estimate of drug-likeness (QED) is 0.816. The lowest BCUT2D eigenvalue weighted by Gasteiger charge is -2.25. The first-order valence-electron chi connectivity index (χ1n) is 8.59. The number of nitrogens with one attached hydrogen (secondary N) is 1. The molecule has 0 radical (unpaired) electrons. The van der Waals surface area contributed by atoms with Crippen molar-refractivity contribution in [2.24, 2.45) is 0 Å². The van der Waals surface area contributed by atoms with Crippen LogP contribution >= 0.6 is 0 Å². The summed E-state index contributed by atoms with van der Waals surface area (Å²) in [4.78, 5) is 5.28. The van der Waals surface area contributed by atoms with Crippen LogP contribution in [0.4, 0.5) is 0 Å². The van der Waals surface area contributed by atoms with Gasteiger partial charge in [-0.1, -0.05) is 6.92 Å². The third-order valence-corrected chi connectivity index (χ3v) is 4.83. The molecule has 4 heteroatoms. The van der Waals surface area contributed by atoms with Gasteiger partial charge >= 0.3 is 0 Å². The number of furan rings is 1. The van der Waals surface area contributed by atoms with Crippen molar-refractivity contribution in [3.05, 3.63) is 23.7 Å². The maximum Gasteiger partial charge on any atom is 0.122 e. The molecule has 0 amide bonds. The second kappa shape index (κ2) is 7.43. The highest BCUT2D eigenvalue weighted by molar-refractivity contribution is 5.17. The molecular formula is C17H29N3O. The molecule has 1 aromatic rings. The van der Waals surface area contributed by atoms with Gasteiger partial charge in [-0.25, -0.2) is 0 Å². The molecule has 0 saturated carbocycles. The second-order valence-electron chi connectivity index (χ2n) is 6.47. The van der Waals surface area contributed by atoms with Gasteiger partial charge in [0.05, 0.1) is 12.8 Å². The maximum atomic E-state index is 5.75. The fourth-order valence-electron chi connectivity index (χ4n) is 3.69. The molecule has 0 spiro atoms. The lowest BCUT2D eigenvalue weighted by atomic mass is 10.2. The lowest BCUT2D eigenvalue weighted by Crippen LogP contribution is -2.36. The number of rotatable bonds is 6. The van der Waals surface area contributed by atoms with Crippen LogP contribution in [-0.4, -0.2) is 48.6 Å². The maximum absolute atomic E-state index is 5.75. The number of nitrogens with zero attached hydrogens (tertiary/aromatic N) is 2. The van der Waals surface area contributed by atoms with Gasteiger partial charge in [-0.15, -0.1) is 0 Å². The summed E-state index contributed by atoms with van der Waals surface area (Å²) >= 11 is 0. The number of hydrogen-bond acceptors (Lipinski definition) is 4. The highest BCUT2D eigenvalue weighted by Gasteiger charge is 2.29. The summed E-state index contributed by atoms with van der Waals surface area (Å²) in [6.07, 6.45) is 7.07. The molecule has 2 aliphatic rings. The highest BCUT2D eigenvalue weighted by Crippen LogP contribution is 2.23. The Morgan fingerprint density at radius 1 is 1.29 bits per heavy atom. The minimum absolute atomic E-state index is 0.782. The van der Waals surface area contributed by atoms with Crippen LogP contribution in [0.2, 0.25) is 0 Å². The van der Waals surface area contributed by atoms with Gasteiger partial charge in [-0.3, -0.25) is 9.80 Å². The Kier molecular flexibility index (Phi) is 5.33. The zero-order valence-corrected chi connectivity index (χ0v) is 13.3. The molecule has 2 aliphatic heterocycles. The molecule has 1 N–H and O–H groups in total. The molecule has 4 nitrogen and oxygen atoms in total. The van der Waals surface area contributed by atoms with Crippen LogP contribution in [-0.2, 0) is 13.1 Å². The Hall–Kier alpha value is -0.840. The van der Waals surface area contributed by atoms with Gasteiger partial charge in [0.15, 0.2) is 0 Å². The predicted octanol–water partition coefficient (Wildman–Crippen LogP) is 2.45. The van der Waals surface area contributed by atoms with Crippen LogP contribution in [0.15, 0.2) is 16.7 Å². The Morgan fingerprint density at radius 2 is 2.19 bits per heavy atom. The highest BCUT2D eigenvalue weighted by atomic mass is 16.3. The van der Waals surface area contributed by atoms with Crippen LogP contribution in [0.1, 0.15) is 43.9 Å². The zero-order valence-electron chi connectivity index (χ0n) is 13.3. The van der Waals surface area contributed by atoms with Crippen LogP contribution < -0.4 is 5.32 Å². The Morgan fingerprint density at radius 3 is 3.10 bits per heavy atom. The summed E-state index contributed by atoms with van der Waals surface area (Å²) in [5.74, 6) is 1.16. The normalized spacial score (nSPS) is 24.1. The number of fused-ring (bicyclic) bond motifs is 1. The summed E-state index contributed by atoms with van der Waals surface area (Å²) < 4.78 is 5.75. The summed E-state index contributed by atoms with van der Waals surface area (Å²) in [6.45, 7) is 10.2. The lowest BCUT2D eigenvalue weighted by molar-refractivity contribution is 0.204. The van der Waals surface area contributed by atoms with Gasteiger partial charge in [0.25, 0.3) is 0 Å². The van der Waals surface area contributed by atoms with E-state index in [0.29, 0.717) is 0 Å². The smallest absolute Gasteiger partial charge is 0.122 e. The van der Waals surface area contributed by atoms with Gasteiger partial charge in [0.2, 0.25) is 0 Å². The van der Waals surface area contributed by atoms with Gasteiger partial charge in [-0.2, -0.15) is 0 Å². The van der Waals surface area contributed by atoms with Crippen molar-refractivity contribution in [3.8, 4) is 0 Å². The summed E-state index contributed by atoms with van der Waals surface area (Å²) in [5.41, 5.74) is 1.33. The first-order chi connectivity index (χ1) is 10.4. The third kappa shape index (κ3) is 3.87. The standard InChI is InChI=1S/C17H29N3O/c1-2-7-18-12-15-6-11-21-17(15)14-19-8-4-10-20-9-3-5-16(20)13-19/h6,11,16,18H,2-5,7-10,12-14H2,1H3. The molecule has 1 aromatic heterocycles. The molecule has 2 saturated heterocycles. The van der Waals surface area contributed by atoms with Crippen LogP contribution in [0.5, 0.6) is 0 Å². The van der Waals surface area contributed by atoms with Crippen LogP contribution in [0.25, 0.3) is 0 Å². The van der Waals surface area contributed by atoms with Crippen molar-refractivity contribution in [1.82, 2.24) is 15.1 Å². The van der Waals surface area contributed by atoms with E-state index in [2.05, 4.69) is 28.1 Å². The largest absolute Gasteiger partial charge is 0.468 e. The van der Waals surface area contributed by atoms with Gasteiger partial charge in [0.1, 0.15) is 5.76 Å². The molecule has 0 bridgehead atoms. The summed E-state index contributed by atoms with van der Waals surface area (Å²) in [5, 5.41) is 3.48. The first kappa shape index (κ1) is 15.1. The minimum atomic E-state index is 0.782. The monoisotopic (exact) mass is 291 g/mol. The van der Waals surface area contributed by atoms with Crippen molar-refractivity contribution in [1.29, 1.82) is 0 Å². The second-order valence-corrected chi connectivity index (χ2v) is 6.47. The fourth-order valence-corrected chi connectivity index (χ4v) is 3.69. The third-order valence-electron chi connectivity index (χ3n) is 4.83. The van der Waals surface area contributed by atoms with E-state index in [0.717, 1.165) is 31.4 Å². The molecule has 3 rings (SSSR count).